The number of benzene rings is 2. The van der Waals surface area contributed by atoms with E-state index < -0.39 is 0 Å². The highest BCUT2D eigenvalue weighted by molar-refractivity contribution is 9.11. The van der Waals surface area contributed by atoms with Crippen LogP contribution in [0.2, 0.25) is 0 Å². The minimum atomic E-state index is -0.370. The average molecular weight is 600 g/mol. The molecule has 0 saturated heterocycles. The molecule has 1 N–H and O–H groups in total. The topological polar surface area (TPSA) is 59.9 Å². The van der Waals surface area contributed by atoms with Crippen molar-refractivity contribution in [2.24, 2.45) is 5.10 Å². The van der Waals surface area contributed by atoms with Crippen molar-refractivity contribution in [3.63, 3.8) is 0 Å². The van der Waals surface area contributed by atoms with Crippen LogP contribution in [-0.2, 0) is 4.79 Å². The molecular formula is C16H12Br4N2O3. The summed E-state index contributed by atoms with van der Waals surface area (Å²) in [6.07, 6.45) is 1.54. The molecule has 0 aliphatic heterocycles. The van der Waals surface area contributed by atoms with Gasteiger partial charge in [0.1, 0.15) is 11.5 Å². The van der Waals surface area contributed by atoms with Crippen molar-refractivity contribution in [2.45, 2.75) is 0 Å². The molecule has 0 heterocycles. The fourth-order valence-electron chi connectivity index (χ4n) is 1.78. The maximum Gasteiger partial charge on any atom is 0.277 e. The van der Waals surface area contributed by atoms with E-state index in [1.54, 1.807) is 13.2 Å². The van der Waals surface area contributed by atoms with Gasteiger partial charge in [-0.05, 0) is 83.7 Å². The Hall–Kier alpha value is -0.900. The number of rotatable bonds is 6. The van der Waals surface area contributed by atoms with Crippen molar-refractivity contribution in [3.05, 3.63) is 53.8 Å². The molecule has 2 aromatic carbocycles. The summed E-state index contributed by atoms with van der Waals surface area (Å²) in [7, 11) is 1.59. The summed E-state index contributed by atoms with van der Waals surface area (Å²) in [6.45, 7) is -0.164. The van der Waals surface area contributed by atoms with Crippen LogP contribution in [0.1, 0.15) is 5.56 Å². The number of amides is 1. The van der Waals surface area contributed by atoms with Gasteiger partial charge in [0.05, 0.1) is 26.7 Å². The molecule has 0 fully saturated rings. The third-order valence-corrected chi connectivity index (χ3v) is 5.14. The molecule has 2 aromatic rings. The average Bonchev–Trinajstić information content (AvgIpc) is 2.54. The number of halogens is 4. The van der Waals surface area contributed by atoms with Crippen LogP contribution in [0.5, 0.6) is 11.5 Å². The molecule has 0 spiro atoms. The smallest absolute Gasteiger partial charge is 0.277 e. The van der Waals surface area contributed by atoms with E-state index in [0.29, 0.717) is 5.75 Å². The van der Waals surface area contributed by atoms with E-state index in [1.165, 1.54) is 6.21 Å². The van der Waals surface area contributed by atoms with Crippen LogP contribution < -0.4 is 14.9 Å². The van der Waals surface area contributed by atoms with Crippen LogP contribution in [0, 0.1) is 0 Å². The predicted octanol–water partition coefficient (Wildman–Crippen LogP) is 5.27. The fraction of sp³-hybridized carbons (Fsp3) is 0.125. The van der Waals surface area contributed by atoms with Crippen molar-refractivity contribution < 1.29 is 14.3 Å². The lowest BCUT2D eigenvalue weighted by molar-refractivity contribution is -0.123. The van der Waals surface area contributed by atoms with Gasteiger partial charge >= 0.3 is 0 Å². The SMILES string of the molecule is COc1ccc(/C=N/NC(=O)COc2c(Br)cc(Br)cc2Br)cc1Br. The first kappa shape index (κ1) is 20.4. The Morgan fingerprint density at radius 1 is 1.12 bits per heavy atom. The lowest BCUT2D eigenvalue weighted by Gasteiger charge is -2.10. The second-order valence-electron chi connectivity index (χ2n) is 4.67. The zero-order chi connectivity index (χ0) is 18.4. The standard InChI is InChI=1S/C16H12Br4N2O3/c1-24-14-3-2-9(4-11(14)18)7-21-22-15(23)8-25-16-12(19)5-10(17)6-13(16)20/h2-7H,8H2,1H3,(H,22,23)/b21-7+. The van der Waals surface area contributed by atoms with Gasteiger partial charge in [0.2, 0.25) is 0 Å². The van der Waals surface area contributed by atoms with Crippen LogP contribution in [0.25, 0.3) is 0 Å². The van der Waals surface area contributed by atoms with E-state index in [4.69, 9.17) is 9.47 Å². The molecule has 0 aliphatic rings. The van der Waals surface area contributed by atoms with Crippen LogP contribution in [0.15, 0.2) is 53.3 Å². The third-order valence-electron chi connectivity index (χ3n) is 2.89. The summed E-state index contributed by atoms with van der Waals surface area (Å²) < 4.78 is 13.8. The summed E-state index contributed by atoms with van der Waals surface area (Å²) in [5.74, 6) is 0.896. The molecule has 0 aromatic heterocycles. The molecular weight excluding hydrogens is 588 g/mol. The Labute approximate surface area is 178 Å². The van der Waals surface area contributed by atoms with Crippen molar-refractivity contribution in [2.75, 3.05) is 13.7 Å². The van der Waals surface area contributed by atoms with E-state index in [1.807, 2.05) is 24.3 Å². The maximum absolute atomic E-state index is 11.8. The highest BCUT2D eigenvalue weighted by Gasteiger charge is 2.10. The number of hydrogen-bond donors (Lipinski definition) is 1. The molecule has 0 unspecified atom stereocenters. The summed E-state index contributed by atoms with van der Waals surface area (Å²) in [6, 6.07) is 9.13. The largest absolute Gasteiger partial charge is 0.496 e. The number of hydrazone groups is 1. The first-order valence-corrected chi connectivity index (χ1v) is 10.0. The fourth-order valence-corrected chi connectivity index (χ4v) is 4.82. The molecule has 132 valence electrons. The quantitative estimate of drug-likeness (QED) is 0.364. The van der Waals surface area contributed by atoms with Crippen molar-refractivity contribution >= 4 is 75.8 Å². The van der Waals surface area contributed by atoms with Crippen LogP contribution in [0.4, 0.5) is 0 Å². The van der Waals surface area contributed by atoms with E-state index in [2.05, 4.69) is 74.2 Å². The van der Waals surface area contributed by atoms with Gasteiger partial charge in [-0.1, -0.05) is 15.9 Å². The molecule has 0 atom stereocenters. The van der Waals surface area contributed by atoms with Gasteiger partial charge < -0.3 is 9.47 Å². The zero-order valence-corrected chi connectivity index (χ0v) is 19.2. The van der Waals surface area contributed by atoms with Crippen LogP contribution >= 0.6 is 63.7 Å². The molecule has 1 amide bonds. The van der Waals surface area contributed by atoms with Gasteiger partial charge in [-0.25, -0.2) is 5.43 Å². The summed E-state index contributed by atoms with van der Waals surface area (Å²) in [5.41, 5.74) is 3.23. The zero-order valence-electron chi connectivity index (χ0n) is 12.9. The lowest BCUT2D eigenvalue weighted by Crippen LogP contribution is -2.24. The van der Waals surface area contributed by atoms with Crippen molar-refractivity contribution in [1.29, 1.82) is 0 Å². The number of carbonyl (C=O) groups excluding carboxylic acids is 1. The Morgan fingerprint density at radius 3 is 2.40 bits per heavy atom. The van der Waals surface area contributed by atoms with Gasteiger partial charge in [-0.3, -0.25) is 4.79 Å². The number of nitrogens with zero attached hydrogens (tertiary/aromatic N) is 1. The van der Waals surface area contributed by atoms with E-state index in [-0.39, 0.29) is 12.5 Å². The number of methoxy groups -OCH3 is 1. The number of ether oxygens (including phenoxy) is 2. The predicted molar refractivity (Wildman–Crippen MR) is 111 cm³/mol. The van der Waals surface area contributed by atoms with Gasteiger partial charge in [0.15, 0.2) is 6.61 Å². The highest BCUT2D eigenvalue weighted by Crippen LogP contribution is 2.36. The van der Waals surface area contributed by atoms with Crippen molar-refractivity contribution in [1.82, 2.24) is 5.43 Å². The highest BCUT2D eigenvalue weighted by atomic mass is 79.9. The number of nitrogens with one attached hydrogen (secondary N) is 1. The first-order chi connectivity index (χ1) is 11.9. The van der Waals surface area contributed by atoms with Gasteiger partial charge in [-0.2, -0.15) is 5.10 Å². The van der Waals surface area contributed by atoms with E-state index >= 15 is 0 Å². The molecule has 2 rings (SSSR count). The monoisotopic (exact) mass is 596 g/mol. The molecule has 0 saturated carbocycles. The number of hydrogen-bond acceptors (Lipinski definition) is 4. The molecule has 9 heteroatoms. The minimum absolute atomic E-state index is 0.164. The minimum Gasteiger partial charge on any atom is -0.496 e. The van der Waals surface area contributed by atoms with E-state index in [0.717, 1.165) is 29.2 Å². The Balaban J connectivity index is 1.90. The van der Waals surface area contributed by atoms with Gasteiger partial charge in [-0.15, -0.1) is 0 Å². The lowest BCUT2D eigenvalue weighted by atomic mass is 10.2. The van der Waals surface area contributed by atoms with Crippen molar-refractivity contribution in [3.8, 4) is 11.5 Å². The molecule has 0 aliphatic carbocycles. The second-order valence-corrected chi connectivity index (χ2v) is 8.15. The summed E-state index contributed by atoms with van der Waals surface area (Å²) in [4.78, 5) is 11.8. The first-order valence-electron chi connectivity index (χ1n) is 6.83. The van der Waals surface area contributed by atoms with Gasteiger partial charge in [0, 0.05) is 4.47 Å². The number of carbonyl (C=O) groups is 1. The van der Waals surface area contributed by atoms with Gasteiger partial charge in [0.25, 0.3) is 5.91 Å². The summed E-state index contributed by atoms with van der Waals surface area (Å²) >= 11 is 13.5. The molecule has 0 radical (unpaired) electrons. The molecule has 0 bridgehead atoms. The molecule has 5 nitrogen and oxygen atoms in total. The van der Waals surface area contributed by atoms with Crippen LogP contribution in [-0.4, -0.2) is 25.8 Å². The second kappa shape index (κ2) is 9.70. The molecule has 25 heavy (non-hydrogen) atoms. The Kier molecular flexibility index (Phi) is 7.92. The van der Waals surface area contributed by atoms with Crippen LogP contribution in [0.3, 0.4) is 0 Å². The van der Waals surface area contributed by atoms with E-state index in [9.17, 15) is 4.79 Å². The third kappa shape index (κ3) is 6.09. The normalized spacial score (nSPS) is 10.8. The Bertz CT molecular complexity index is 789. The summed E-state index contributed by atoms with van der Waals surface area (Å²) in [5, 5.41) is 3.91. The maximum atomic E-state index is 11.8. The Morgan fingerprint density at radius 2 is 1.80 bits per heavy atom.